The number of fused-ring (bicyclic) bond motifs is 1. The summed E-state index contributed by atoms with van der Waals surface area (Å²) in [6.07, 6.45) is 1.96. The van der Waals surface area contributed by atoms with Crippen LogP contribution < -0.4 is 10.6 Å². The summed E-state index contributed by atoms with van der Waals surface area (Å²) in [5, 5.41) is 6.39. The summed E-state index contributed by atoms with van der Waals surface area (Å²) in [4.78, 5) is 17.4. The predicted octanol–water partition coefficient (Wildman–Crippen LogP) is 5.92. The van der Waals surface area contributed by atoms with E-state index in [2.05, 4.69) is 10.6 Å². The van der Waals surface area contributed by atoms with Crippen LogP contribution in [0.5, 0.6) is 0 Å². The van der Waals surface area contributed by atoms with Crippen molar-refractivity contribution in [2.75, 3.05) is 10.6 Å². The van der Waals surface area contributed by atoms with Crippen LogP contribution in [0.25, 0.3) is 16.9 Å². The Morgan fingerprint density at radius 1 is 0.893 bits per heavy atom. The molecule has 0 fully saturated rings. The second kappa shape index (κ2) is 7.37. The summed E-state index contributed by atoms with van der Waals surface area (Å²) in [6.45, 7) is 4.04. The minimum atomic E-state index is -0.348. The van der Waals surface area contributed by atoms with Gasteiger partial charge in [-0.3, -0.25) is 9.72 Å². The third-order valence-corrected chi connectivity index (χ3v) is 4.68. The Bertz CT molecular complexity index is 1150. The van der Waals surface area contributed by atoms with E-state index in [1.807, 2.05) is 60.8 Å². The molecule has 0 unspecified atom stereocenters. The highest BCUT2D eigenvalue weighted by molar-refractivity contribution is 6.30. The van der Waals surface area contributed by atoms with E-state index in [0.29, 0.717) is 16.5 Å². The Labute approximate surface area is 168 Å². The second-order valence-electron chi connectivity index (χ2n) is 6.70. The zero-order valence-corrected chi connectivity index (χ0v) is 16.3. The zero-order valence-electron chi connectivity index (χ0n) is 15.5. The largest absolute Gasteiger partial charge is 0.324 e. The first kappa shape index (κ1) is 18.1. The number of pyridine rings is 1. The lowest BCUT2D eigenvalue weighted by Gasteiger charge is -2.10. The lowest BCUT2D eigenvalue weighted by atomic mass is 10.1. The summed E-state index contributed by atoms with van der Waals surface area (Å²) < 4.78 is 1.89. The second-order valence-corrected chi connectivity index (χ2v) is 7.13. The molecule has 0 aliphatic carbocycles. The van der Waals surface area contributed by atoms with Crippen LogP contribution in [0, 0.1) is 13.8 Å². The van der Waals surface area contributed by atoms with Gasteiger partial charge in [0.25, 0.3) is 0 Å². The molecule has 2 amide bonds. The SMILES string of the molecule is Cc1ccc(-c2nc3ccc(C)cn3c2NC(=O)Nc2ccc(Cl)cc2)cc1. The average Bonchev–Trinajstić information content (AvgIpc) is 3.02. The summed E-state index contributed by atoms with van der Waals surface area (Å²) in [5.41, 5.74) is 5.32. The molecule has 4 rings (SSSR count). The summed E-state index contributed by atoms with van der Waals surface area (Å²) >= 11 is 5.90. The molecule has 0 aliphatic rings. The molecule has 0 aliphatic heterocycles. The van der Waals surface area contributed by atoms with E-state index >= 15 is 0 Å². The van der Waals surface area contributed by atoms with Gasteiger partial charge in [0, 0.05) is 22.5 Å². The molecule has 28 heavy (non-hydrogen) atoms. The molecular formula is C22H19ClN4O. The van der Waals surface area contributed by atoms with E-state index in [4.69, 9.17) is 16.6 Å². The Balaban J connectivity index is 1.72. The van der Waals surface area contributed by atoms with Gasteiger partial charge in [-0.05, 0) is 49.7 Å². The highest BCUT2D eigenvalue weighted by Gasteiger charge is 2.16. The number of nitrogens with one attached hydrogen (secondary N) is 2. The Hall–Kier alpha value is -3.31. The van der Waals surface area contributed by atoms with Gasteiger partial charge in [0.15, 0.2) is 0 Å². The van der Waals surface area contributed by atoms with Crippen LogP contribution in [0.15, 0.2) is 66.9 Å². The molecule has 4 aromatic rings. The van der Waals surface area contributed by atoms with E-state index in [0.717, 1.165) is 22.5 Å². The number of aromatic nitrogens is 2. The molecular weight excluding hydrogens is 372 g/mol. The predicted molar refractivity (Wildman–Crippen MR) is 114 cm³/mol. The molecule has 2 aromatic heterocycles. The molecule has 2 heterocycles. The van der Waals surface area contributed by atoms with Crippen molar-refractivity contribution in [3.05, 3.63) is 83.0 Å². The molecule has 0 bridgehead atoms. The van der Waals surface area contributed by atoms with E-state index < -0.39 is 0 Å². The van der Waals surface area contributed by atoms with Gasteiger partial charge in [0.1, 0.15) is 17.2 Å². The van der Waals surface area contributed by atoms with Crippen LogP contribution >= 0.6 is 11.6 Å². The van der Waals surface area contributed by atoms with Crippen LogP contribution in [0.1, 0.15) is 11.1 Å². The monoisotopic (exact) mass is 390 g/mol. The van der Waals surface area contributed by atoms with E-state index in [9.17, 15) is 4.79 Å². The molecule has 0 saturated carbocycles. The Morgan fingerprint density at radius 2 is 1.57 bits per heavy atom. The van der Waals surface area contributed by atoms with Gasteiger partial charge in [-0.25, -0.2) is 9.78 Å². The first-order valence-corrected chi connectivity index (χ1v) is 9.27. The van der Waals surface area contributed by atoms with Crippen LogP contribution in [0.3, 0.4) is 0 Å². The maximum absolute atomic E-state index is 12.6. The standard InChI is InChI=1S/C22H19ClN4O/c1-14-3-6-16(7-4-14)20-21(27-13-15(2)5-12-19(27)25-20)26-22(28)24-18-10-8-17(23)9-11-18/h3-13H,1-2H3,(H2,24,26,28). The number of imidazole rings is 1. The maximum Gasteiger partial charge on any atom is 0.324 e. The normalized spacial score (nSPS) is 10.8. The zero-order chi connectivity index (χ0) is 19.7. The van der Waals surface area contributed by atoms with E-state index in [1.54, 1.807) is 24.3 Å². The fourth-order valence-corrected chi connectivity index (χ4v) is 3.11. The summed E-state index contributed by atoms with van der Waals surface area (Å²) in [7, 11) is 0. The number of halogens is 1. The number of hydrogen-bond acceptors (Lipinski definition) is 2. The lowest BCUT2D eigenvalue weighted by molar-refractivity contribution is 0.262. The highest BCUT2D eigenvalue weighted by atomic mass is 35.5. The third-order valence-electron chi connectivity index (χ3n) is 4.43. The number of nitrogens with zero attached hydrogens (tertiary/aromatic N) is 2. The van der Waals surface area contributed by atoms with Crippen molar-refractivity contribution >= 4 is 34.8 Å². The Morgan fingerprint density at radius 3 is 2.29 bits per heavy atom. The molecule has 0 atom stereocenters. The van der Waals surface area contributed by atoms with Gasteiger partial charge in [0.2, 0.25) is 0 Å². The molecule has 6 heteroatoms. The van der Waals surface area contributed by atoms with Crippen LogP contribution in [-0.4, -0.2) is 15.4 Å². The first-order valence-electron chi connectivity index (χ1n) is 8.89. The van der Waals surface area contributed by atoms with Crippen molar-refractivity contribution in [2.45, 2.75) is 13.8 Å². The number of benzene rings is 2. The topological polar surface area (TPSA) is 58.4 Å². The van der Waals surface area contributed by atoms with Gasteiger partial charge in [0.05, 0.1) is 0 Å². The summed E-state index contributed by atoms with van der Waals surface area (Å²) in [5.74, 6) is 0.619. The number of carbonyl (C=O) groups is 1. The third kappa shape index (κ3) is 3.70. The van der Waals surface area contributed by atoms with Gasteiger partial charge >= 0.3 is 6.03 Å². The van der Waals surface area contributed by atoms with Gasteiger partial charge in [-0.2, -0.15) is 0 Å². The van der Waals surface area contributed by atoms with Gasteiger partial charge < -0.3 is 5.32 Å². The fraction of sp³-hybridized carbons (Fsp3) is 0.0909. The Kier molecular flexibility index (Phi) is 4.75. The number of anilines is 2. The maximum atomic E-state index is 12.6. The minimum absolute atomic E-state index is 0.348. The molecule has 5 nitrogen and oxygen atoms in total. The average molecular weight is 391 g/mol. The number of hydrogen-bond donors (Lipinski definition) is 2. The van der Waals surface area contributed by atoms with Crippen LogP contribution in [0.2, 0.25) is 5.02 Å². The number of urea groups is 1. The number of amides is 2. The number of rotatable bonds is 3. The van der Waals surface area contributed by atoms with E-state index in [1.165, 1.54) is 5.56 Å². The molecule has 2 aromatic carbocycles. The van der Waals surface area contributed by atoms with Crippen LogP contribution in [0.4, 0.5) is 16.3 Å². The lowest BCUT2D eigenvalue weighted by Crippen LogP contribution is -2.20. The molecule has 0 spiro atoms. The van der Waals surface area contributed by atoms with Gasteiger partial charge in [-0.1, -0.05) is 47.5 Å². The van der Waals surface area contributed by atoms with Crippen molar-refractivity contribution in [2.24, 2.45) is 0 Å². The molecule has 0 saturated heterocycles. The highest BCUT2D eigenvalue weighted by Crippen LogP contribution is 2.29. The van der Waals surface area contributed by atoms with Crippen molar-refractivity contribution in [3.63, 3.8) is 0 Å². The van der Waals surface area contributed by atoms with Crippen LogP contribution in [-0.2, 0) is 0 Å². The minimum Gasteiger partial charge on any atom is -0.308 e. The van der Waals surface area contributed by atoms with Gasteiger partial charge in [-0.15, -0.1) is 0 Å². The summed E-state index contributed by atoms with van der Waals surface area (Å²) in [6, 6.07) is 18.6. The first-order chi connectivity index (χ1) is 13.5. The van der Waals surface area contributed by atoms with E-state index in [-0.39, 0.29) is 6.03 Å². The molecule has 2 N–H and O–H groups in total. The van der Waals surface area contributed by atoms with Crippen molar-refractivity contribution in [3.8, 4) is 11.3 Å². The number of carbonyl (C=O) groups excluding carboxylic acids is 1. The van der Waals surface area contributed by atoms with Crippen molar-refractivity contribution < 1.29 is 4.79 Å². The smallest absolute Gasteiger partial charge is 0.308 e. The quantitative estimate of drug-likeness (QED) is 0.456. The van der Waals surface area contributed by atoms with Crippen molar-refractivity contribution in [1.29, 1.82) is 0 Å². The molecule has 0 radical (unpaired) electrons. The van der Waals surface area contributed by atoms with Crippen molar-refractivity contribution in [1.82, 2.24) is 9.38 Å². The fourth-order valence-electron chi connectivity index (χ4n) is 2.99. The number of aryl methyl sites for hydroxylation is 2. The molecule has 140 valence electrons.